The van der Waals surface area contributed by atoms with Crippen molar-refractivity contribution in [2.45, 2.75) is 34.1 Å². The predicted molar refractivity (Wildman–Crippen MR) is 82.2 cm³/mol. The van der Waals surface area contributed by atoms with Gasteiger partial charge in [-0.15, -0.1) is 0 Å². The summed E-state index contributed by atoms with van der Waals surface area (Å²) in [5.41, 5.74) is 2.28. The maximum atomic E-state index is 12.3. The summed E-state index contributed by atoms with van der Waals surface area (Å²) in [6.45, 7) is 10.5. The molecule has 3 heteroatoms. The molecular formula is C17H24N2O. The molecule has 0 N–H and O–H groups in total. The molecule has 0 spiro atoms. The van der Waals surface area contributed by atoms with Gasteiger partial charge in [-0.05, 0) is 47.9 Å². The molecule has 1 fully saturated rings. The Hall–Kier alpha value is -1.64. The molecule has 0 radical (unpaired) electrons. The number of aryl methyl sites for hydroxylation is 1. The second kappa shape index (κ2) is 5.78. The van der Waals surface area contributed by atoms with Gasteiger partial charge in [0, 0.05) is 31.6 Å². The average molecular weight is 272 g/mol. The fourth-order valence-electron chi connectivity index (χ4n) is 2.60. The zero-order chi connectivity index (χ0) is 14.8. The highest BCUT2D eigenvalue weighted by Crippen LogP contribution is 2.34. The Morgan fingerprint density at radius 1 is 1.45 bits per heavy atom. The molecular weight excluding hydrogens is 248 g/mol. The lowest BCUT2D eigenvalue weighted by Gasteiger charge is -2.42. The molecule has 2 heterocycles. The van der Waals surface area contributed by atoms with E-state index in [-0.39, 0.29) is 11.3 Å². The van der Waals surface area contributed by atoms with E-state index in [1.165, 1.54) is 0 Å². The number of carbonyl (C=O) groups is 1. The number of aromatic nitrogens is 1. The third-order valence-electron chi connectivity index (χ3n) is 4.39. The number of nitrogens with zero attached hydrogens (tertiary/aromatic N) is 2. The largest absolute Gasteiger partial charge is 0.339 e. The van der Waals surface area contributed by atoms with Crippen LogP contribution in [-0.4, -0.2) is 28.9 Å². The van der Waals surface area contributed by atoms with Crippen molar-refractivity contribution < 1.29 is 4.79 Å². The lowest BCUT2D eigenvalue weighted by atomic mass is 9.75. The van der Waals surface area contributed by atoms with Crippen molar-refractivity contribution in [2.75, 3.05) is 13.1 Å². The van der Waals surface area contributed by atoms with E-state index in [2.05, 4.69) is 25.8 Å². The molecule has 1 aliphatic heterocycles. The fourth-order valence-corrected chi connectivity index (χ4v) is 2.60. The zero-order valence-electron chi connectivity index (χ0n) is 12.9. The Kier molecular flexibility index (Phi) is 4.26. The molecule has 1 unspecified atom stereocenters. The second-order valence-corrected chi connectivity index (χ2v) is 6.57. The minimum Gasteiger partial charge on any atom is -0.339 e. The van der Waals surface area contributed by atoms with Crippen LogP contribution < -0.4 is 0 Å². The van der Waals surface area contributed by atoms with Crippen LogP contribution in [0.1, 0.15) is 38.3 Å². The summed E-state index contributed by atoms with van der Waals surface area (Å²) in [4.78, 5) is 18.4. The van der Waals surface area contributed by atoms with E-state index in [1.807, 2.05) is 30.2 Å². The molecule has 0 saturated carbocycles. The van der Waals surface area contributed by atoms with Gasteiger partial charge in [0.25, 0.3) is 0 Å². The van der Waals surface area contributed by atoms with E-state index in [1.54, 1.807) is 12.3 Å². The Labute approximate surface area is 121 Å². The van der Waals surface area contributed by atoms with Gasteiger partial charge in [-0.2, -0.15) is 0 Å². The quantitative estimate of drug-likeness (QED) is 0.774. The molecule has 108 valence electrons. The first-order valence-electron chi connectivity index (χ1n) is 7.27. The smallest absolute Gasteiger partial charge is 0.246 e. The molecule has 1 atom stereocenters. The van der Waals surface area contributed by atoms with Gasteiger partial charge in [0.05, 0.1) is 0 Å². The van der Waals surface area contributed by atoms with Crippen LogP contribution in [0, 0.1) is 18.3 Å². The first-order chi connectivity index (χ1) is 9.38. The number of amides is 1. The van der Waals surface area contributed by atoms with Gasteiger partial charge < -0.3 is 4.90 Å². The Morgan fingerprint density at radius 2 is 2.20 bits per heavy atom. The van der Waals surface area contributed by atoms with Crippen molar-refractivity contribution in [3.8, 4) is 0 Å². The summed E-state index contributed by atoms with van der Waals surface area (Å²) in [5, 5.41) is 0. The SMILES string of the molecule is Cc1cncc(/C=C/C(=O)N2CCC(C)C(C)(C)C2)c1. The highest BCUT2D eigenvalue weighted by molar-refractivity contribution is 5.91. The summed E-state index contributed by atoms with van der Waals surface area (Å²) in [7, 11) is 0. The van der Waals surface area contributed by atoms with E-state index in [4.69, 9.17) is 0 Å². The molecule has 1 aromatic rings. The van der Waals surface area contributed by atoms with Gasteiger partial charge in [-0.25, -0.2) is 0 Å². The van der Waals surface area contributed by atoms with Gasteiger partial charge >= 0.3 is 0 Å². The predicted octanol–water partition coefficient (Wildman–Crippen LogP) is 3.30. The van der Waals surface area contributed by atoms with Crippen molar-refractivity contribution in [1.29, 1.82) is 0 Å². The number of piperidine rings is 1. The van der Waals surface area contributed by atoms with Crippen molar-refractivity contribution in [1.82, 2.24) is 9.88 Å². The minimum absolute atomic E-state index is 0.103. The van der Waals surface area contributed by atoms with E-state index in [0.717, 1.165) is 30.6 Å². The van der Waals surface area contributed by atoms with Crippen LogP contribution in [0.25, 0.3) is 6.08 Å². The summed E-state index contributed by atoms with van der Waals surface area (Å²) in [5.74, 6) is 0.767. The average Bonchev–Trinajstić information content (AvgIpc) is 2.39. The molecule has 1 amide bonds. The zero-order valence-corrected chi connectivity index (χ0v) is 12.9. The van der Waals surface area contributed by atoms with Gasteiger partial charge in [0.1, 0.15) is 0 Å². The number of carbonyl (C=O) groups excluding carboxylic acids is 1. The monoisotopic (exact) mass is 272 g/mol. The first kappa shape index (κ1) is 14.8. The van der Waals surface area contributed by atoms with Crippen LogP contribution in [0.2, 0.25) is 0 Å². The molecule has 0 bridgehead atoms. The molecule has 1 saturated heterocycles. The van der Waals surface area contributed by atoms with Gasteiger partial charge in [-0.1, -0.05) is 20.8 Å². The summed E-state index contributed by atoms with van der Waals surface area (Å²) in [6, 6.07) is 2.03. The first-order valence-corrected chi connectivity index (χ1v) is 7.27. The van der Waals surface area contributed by atoms with Crippen LogP contribution in [0.15, 0.2) is 24.5 Å². The number of pyridine rings is 1. The summed E-state index contributed by atoms with van der Waals surface area (Å²) < 4.78 is 0. The third kappa shape index (κ3) is 3.47. The Balaban J connectivity index is 2.02. The van der Waals surface area contributed by atoms with Crippen molar-refractivity contribution in [3.05, 3.63) is 35.7 Å². The standard InChI is InChI=1S/C17H24N2O/c1-13-9-15(11-18-10-13)5-6-16(20)19-8-7-14(2)17(3,4)12-19/h5-6,9-11,14H,7-8,12H2,1-4H3/b6-5+. The van der Waals surface area contributed by atoms with Crippen LogP contribution in [0.5, 0.6) is 0 Å². The number of likely N-dealkylation sites (tertiary alicyclic amines) is 1. The normalized spacial score (nSPS) is 22.2. The minimum atomic E-state index is 0.103. The van der Waals surface area contributed by atoms with Crippen LogP contribution in [0.3, 0.4) is 0 Å². The Morgan fingerprint density at radius 3 is 2.85 bits per heavy atom. The van der Waals surface area contributed by atoms with Crippen LogP contribution in [-0.2, 0) is 4.79 Å². The molecule has 3 nitrogen and oxygen atoms in total. The van der Waals surface area contributed by atoms with Crippen molar-refractivity contribution in [2.24, 2.45) is 11.3 Å². The van der Waals surface area contributed by atoms with Crippen molar-refractivity contribution in [3.63, 3.8) is 0 Å². The third-order valence-corrected chi connectivity index (χ3v) is 4.39. The number of hydrogen-bond acceptors (Lipinski definition) is 2. The fraction of sp³-hybridized carbons (Fsp3) is 0.529. The van der Waals surface area contributed by atoms with Gasteiger partial charge in [-0.3, -0.25) is 9.78 Å². The lowest BCUT2D eigenvalue weighted by Crippen LogP contribution is -2.46. The highest BCUT2D eigenvalue weighted by Gasteiger charge is 2.34. The highest BCUT2D eigenvalue weighted by atomic mass is 16.2. The van der Waals surface area contributed by atoms with Gasteiger partial charge in [0.15, 0.2) is 0 Å². The molecule has 0 aromatic carbocycles. The van der Waals surface area contributed by atoms with E-state index in [9.17, 15) is 4.79 Å². The Bertz CT molecular complexity index is 519. The number of rotatable bonds is 2. The maximum Gasteiger partial charge on any atom is 0.246 e. The van der Waals surface area contributed by atoms with Gasteiger partial charge in [0.2, 0.25) is 5.91 Å². The molecule has 0 aliphatic carbocycles. The number of hydrogen-bond donors (Lipinski definition) is 0. The second-order valence-electron chi connectivity index (χ2n) is 6.57. The maximum absolute atomic E-state index is 12.3. The lowest BCUT2D eigenvalue weighted by molar-refractivity contribution is -0.130. The molecule has 1 aliphatic rings. The topological polar surface area (TPSA) is 33.2 Å². The van der Waals surface area contributed by atoms with E-state index >= 15 is 0 Å². The summed E-state index contributed by atoms with van der Waals surface area (Å²) in [6.07, 6.45) is 8.20. The molecule has 20 heavy (non-hydrogen) atoms. The molecule has 2 rings (SSSR count). The molecule has 1 aromatic heterocycles. The van der Waals surface area contributed by atoms with Crippen LogP contribution >= 0.6 is 0 Å². The summed E-state index contributed by atoms with van der Waals surface area (Å²) >= 11 is 0. The van der Waals surface area contributed by atoms with E-state index < -0.39 is 0 Å². The van der Waals surface area contributed by atoms with Crippen LogP contribution in [0.4, 0.5) is 0 Å². The van der Waals surface area contributed by atoms with Crippen molar-refractivity contribution >= 4 is 12.0 Å². The van der Waals surface area contributed by atoms with E-state index in [0.29, 0.717) is 5.92 Å².